The smallest absolute Gasteiger partial charge is 0.187 e. The van der Waals surface area contributed by atoms with Crippen molar-refractivity contribution in [2.24, 2.45) is 0 Å². The van der Waals surface area contributed by atoms with Crippen LogP contribution in [0.2, 0.25) is 5.02 Å². The molecule has 0 spiro atoms. The SMILES string of the molecule is Fc1ccc(F)c(CN2CCCNc3ncc(-c4cc(CNC5CCNCC5)no4)nc32)c1Cl. The van der Waals surface area contributed by atoms with Gasteiger partial charge in [-0.15, -0.1) is 0 Å². The van der Waals surface area contributed by atoms with Crippen LogP contribution in [0, 0.1) is 11.6 Å². The Hall–Kier alpha value is -2.82. The number of nitrogens with one attached hydrogen (secondary N) is 3. The molecule has 1 aromatic carbocycles. The fourth-order valence-electron chi connectivity index (χ4n) is 4.28. The van der Waals surface area contributed by atoms with Gasteiger partial charge in [0.2, 0.25) is 0 Å². The van der Waals surface area contributed by atoms with Gasteiger partial charge in [-0.3, -0.25) is 0 Å². The van der Waals surface area contributed by atoms with E-state index in [4.69, 9.17) is 21.1 Å². The average Bonchev–Trinajstić information content (AvgIpc) is 3.25. The third-order valence-corrected chi connectivity index (χ3v) is 6.57. The third-order valence-electron chi connectivity index (χ3n) is 6.16. The summed E-state index contributed by atoms with van der Waals surface area (Å²) in [5, 5.41) is 14.1. The summed E-state index contributed by atoms with van der Waals surface area (Å²) in [7, 11) is 0. The van der Waals surface area contributed by atoms with Gasteiger partial charge in [-0.05, 0) is 44.5 Å². The maximum atomic E-state index is 14.5. The maximum absolute atomic E-state index is 14.5. The fraction of sp³-hybridized carbons (Fsp3) is 0.435. The van der Waals surface area contributed by atoms with E-state index >= 15 is 0 Å². The molecule has 0 saturated carbocycles. The van der Waals surface area contributed by atoms with Gasteiger partial charge in [0.05, 0.1) is 16.9 Å². The van der Waals surface area contributed by atoms with Gasteiger partial charge in [-0.25, -0.2) is 18.7 Å². The summed E-state index contributed by atoms with van der Waals surface area (Å²) in [4.78, 5) is 11.1. The van der Waals surface area contributed by atoms with Crippen molar-refractivity contribution < 1.29 is 13.3 Å². The third kappa shape index (κ3) is 4.98. The van der Waals surface area contributed by atoms with E-state index in [1.54, 1.807) is 6.20 Å². The van der Waals surface area contributed by atoms with Gasteiger partial charge in [0.15, 0.2) is 17.4 Å². The zero-order chi connectivity index (χ0) is 23.5. The maximum Gasteiger partial charge on any atom is 0.187 e. The summed E-state index contributed by atoms with van der Waals surface area (Å²) in [6.45, 7) is 3.97. The predicted molar refractivity (Wildman–Crippen MR) is 126 cm³/mol. The Morgan fingerprint density at radius 1 is 1.18 bits per heavy atom. The summed E-state index contributed by atoms with van der Waals surface area (Å²) < 4.78 is 34.0. The van der Waals surface area contributed by atoms with Crippen LogP contribution < -0.4 is 20.9 Å². The number of benzene rings is 1. The van der Waals surface area contributed by atoms with Crippen LogP contribution in [0.5, 0.6) is 0 Å². The van der Waals surface area contributed by atoms with Crippen LogP contribution in [0.4, 0.5) is 20.4 Å². The van der Waals surface area contributed by atoms with Crippen molar-refractivity contribution in [3.8, 4) is 11.5 Å². The van der Waals surface area contributed by atoms with E-state index in [1.165, 1.54) is 0 Å². The Balaban J connectivity index is 1.37. The van der Waals surface area contributed by atoms with Crippen molar-refractivity contribution in [1.82, 2.24) is 25.8 Å². The normalized spacial score (nSPS) is 16.7. The lowest BCUT2D eigenvalue weighted by atomic mass is 10.1. The first-order valence-corrected chi connectivity index (χ1v) is 11.8. The van der Waals surface area contributed by atoms with E-state index in [2.05, 4.69) is 26.1 Å². The number of halogens is 3. The van der Waals surface area contributed by atoms with Crippen LogP contribution in [-0.2, 0) is 13.1 Å². The molecule has 3 N–H and O–H groups in total. The molecule has 0 atom stereocenters. The number of nitrogens with zero attached hydrogens (tertiary/aromatic N) is 4. The first-order chi connectivity index (χ1) is 16.6. The second-order valence-corrected chi connectivity index (χ2v) is 8.92. The van der Waals surface area contributed by atoms with Crippen LogP contribution >= 0.6 is 11.6 Å². The Bertz CT molecular complexity index is 1150. The molecular weight excluding hydrogens is 464 g/mol. The molecule has 2 aliphatic rings. The number of aromatic nitrogens is 3. The van der Waals surface area contributed by atoms with Crippen molar-refractivity contribution in [3.05, 3.63) is 52.3 Å². The molecule has 0 bridgehead atoms. The van der Waals surface area contributed by atoms with Crippen molar-refractivity contribution >= 4 is 23.2 Å². The lowest BCUT2D eigenvalue weighted by molar-refractivity contribution is 0.374. The molecule has 0 aliphatic carbocycles. The van der Waals surface area contributed by atoms with Gasteiger partial charge >= 0.3 is 0 Å². The molecule has 1 fully saturated rings. The van der Waals surface area contributed by atoms with Gasteiger partial charge in [0.1, 0.15) is 17.3 Å². The number of piperidine rings is 1. The van der Waals surface area contributed by atoms with Gasteiger partial charge in [-0.1, -0.05) is 16.8 Å². The predicted octanol–water partition coefficient (Wildman–Crippen LogP) is 3.73. The summed E-state index contributed by atoms with van der Waals surface area (Å²) in [6, 6.07) is 4.42. The minimum absolute atomic E-state index is 0.0665. The highest BCUT2D eigenvalue weighted by Gasteiger charge is 2.23. The minimum atomic E-state index is -0.654. The monoisotopic (exact) mass is 489 g/mol. The Morgan fingerprint density at radius 2 is 2.00 bits per heavy atom. The van der Waals surface area contributed by atoms with Crippen molar-refractivity contribution in [2.75, 3.05) is 36.4 Å². The molecule has 0 amide bonds. The molecule has 0 radical (unpaired) electrons. The van der Waals surface area contributed by atoms with Crippen LogP contribution in [0.3, 0.4) is 0 Å². The van der Waals surface area contributed by atoms with Crippen molar-refractivity contribution in [3.63, 3.8) is 0 Å². The molecule has 1 saturated heterocycles. The Kier molecular flexibility index (Phi) is 6.89. The lowest BCUT2D eigenvalue weighted by Gasteiger charge is -2.24. The summed E-state index contributed by atoms with van der Waals surface area (Å²) in [6.07, 6.45) is 4.56. The van der Waals surface area contributed by atoms with Gasteiger partial charge in [-0.2, -0.15) is 0 Å². The molecule has 34 heavy (non-hydrogen) atoms. The van der Waals surface area contributed by atoms with E-state index < -0.39 is 11.6 Å². The van der Waals surface area contributed by atoms with Gasteiger partial charge < -0.3 is 25.4 Å². The molecule has 4 heterocycles. The highest BCUT2D eigenvalue weighted by molar-refractivity contribution is 6.31. The topological polar surface area (TPSA) is 91.1 Å². The summed E-state index contributed by atoms with van der Waals surface area (Å²) in [5.41, 5.74) is 1.39. The highest BCUT2D eigenvalue weighted by atomic mass is 35.5. The Labute approximate surface area is 201 Å². The van der Waals surface area contributed by atoms with E-state index in [9.17, 15) is 8.78 Å². The zero-order valence-electron chi connectivity index (χ0n) is 18.6. The quantitative estimate of drug-likeness (QED) is 0.451. The molecule has 2 aromatic heterocycles. The molecule has 180 valence electrons. The second-order valence-electron chi connectivity index (χ2n) is 8.54. The van der Waals surface area contributed by atoms with Crippen LogP contribution in [0.25, 0.3) is 11.5 Å². The Morgan fingerprint density at radius 3 is 2.85 bits per heavy atom. The van der Waals surface area contributed by atoms with E-state index in [-0.39, 0.29) is 17.1 Å². The standard InChI is InChI=1S/C23H26ClF2N7O/c24-21-16(17(25)2-3-18(21)26)13-33-9-1-6-28-22-23(33)31-19(12-30-22)20-10-15(32-34-20)11-29-14-4-7-27-8-5-14/h2-3,10,12,14,27,29H,1,4-9,11,13H2,(H,28,30). The van der Waals surface area contributed by atoms with E-state index in [1.807, 2.05) is 11.0 Å². The molecule has 5 rings (SSSR count). The molecule has 11 heteroatoms. The highest BCUT2D eigenvalue weighted by Crippen LogP contribution is 2.32. The summed E-state index contributed by atoms with van der Waals surface area (Å²) >= 11 is 6.08. The second kappa shape index (κ2) is 10.2. The first kappa shape index (κ1) is 22.9. The van der Waals surface area contributed by atoms with E-state index in [0.29, 0.717) is 48.8 Å². The van der Waals surface area contributed by atoms with Crippen molar-refractivity contribution in [1.29, 1.82) is 0 Å². The lowest BCUT2D eigenvalue weighted by Crippen LogP contribution is -2.39. The van der Waals surface area contributed by atoms with Gasteiger partial charge in [0, 0.05) is 43.9 Å². The molecule has 0 unspecified atom stereocenters. The molecular formula is C23H26ClF2N7O. The molecule has 8 nitrogen and oxygen atoms in total. The van der Waals surface area contributed by atoms with Crippen LogP contribution in [0.15, 0.2) is 28.9 Å². The van der Waals surface area contributed by atoms with Crippen molar-refractivity contribution in [2.45, 2.75) is 38.4 Å². The first-order valence-electron chi connectivity index (χ1n) is 11.5. The zero-order valence-corrected chi connectivity index (χ0v) is 19.3. The minimum Gasteiger partial charge on any atom is -0.367 e. The summed E-state index contributed by atoms with van der Waals surface area (Å²) in [5.74, 6) is 0.382. The molecule has 2 aliphatic heterocycles. The number of rotatable bonds is 6. The van der Waals surface area contributed by atoms with Crippen LogP contribution in [-0.4, -0.2) is 47.3 Å². The van der Waals surface area contributed by atoms with E-state index in [0.717, 1.165) is 50.2 Å². The fourth-order valence-corrected chi connectivity index (χ4v) is 4.49. The largest absolute Gasteiger partial charge is 0.367 e. The number of anilines is 2. The number of hydrogen-bond donors (Lipinski definition) is 3. The van der Waals surface area contributed by atoms with Gasteiger partial charge in [0.25, 0.3) is 0 Å². The number of fused-ring (bicyclic) bond motifs is 1. The van der Waals surface area contributed by atoms with Crippen LogP contribution in [0.1, 0.15) is 30.5 Å². The average molecular weight is 490 g/mol. The number of hydrogen-bond acceptors (Lipinski definition) is 8. The molecule has 3 aromatic rings.